The zero-order valence-electron chi connectivity index (χ0n) is 25.8. The minimum atomic E-state index is 0.111. The number of hydrogen-bond acceptors (Lipinski definition) is 7. The van der Waals surface area contributed by atoms with Crippen molar-refractivity contribution in [2.45, 2.75) is 25.4 Å². The first-order chi connectivity index (χ1) is 22.0. The van der Waals surface area contributed by atoms with E-state index >= 15 is 0 Å². The summed E-state index contributed by atoms with van der Waals surface area (Å²) in [5, 5.41) is 1.17. The summed E-state index contributed by atoms with van der Waals surface area (Å²) in [6.45, 7) is 3.38. The SMILES string of the molecule is CN=Cc1ncncc1N1CC(Cn2c(-c3cc4ccccc4n3C)nc3cc(C(=O)N4CC5CC6CC4[C@H]65)cc(OC)c32)C1. The van der Waals surface area contributed by atoms with E-state index in [0.29, 0.717) is 29.2 Å². The Morgan fingerprint density at radius 3 is 2.76 bits per heavy atom. The molecule has 4 aliphatic rings. The van der Waals surface area contributed by atoms with Crippen LogP contribution in [0.25, 0.3) is 33.5 Å². The second-order valence-corrected chi connectivity index (χ2v) is 13.3. The van der Waals surface area contributed by atoms with Crippen LogP contribution in [0.4, 0.5) is 5.69 Å². The fraction of sp³-hybridized carbons (Fsp3) is 0.400. The molecule has 2 saturated heterocycles. The molecule has 2 aliphatic heterocycles. The Hall–Kier alpha value is -4.73. The third kappa shape index (κ3) is 3.90. The fourth-order valence-corrected chi connectivity index (χ4v) is 8.69. The summed E-state index contributed by atoms with van der Waals surface area (Å²) in [6, 6.07) is 15.0. The minimum Gasteiger partial charge on any atom is -0.494 e. The van der Waals surface area contributed by atoms with Crippen molar-refractivity contribution in [1.82, 2.24) is 29.0 Å². The molecule has 0 radical (unpaired) electrons. The lowest BCUT2D eigenvalue weighted by Gasteiger charge is -2.52. The van der Waals surface area contributed by atoms with Crippen LogP contribution in [-0.4, -0.2) is 80.9 Å². The van der Waals surface area contributed by atoms with Gasteiger partial charge in [0.1, 0.15) is 23.3 Å². The van der Waals surface area contributed by atoms with Crippen molar-refractivity contribution in [2.24, 2.45) is 35.7 Å². The number of aromatic nitrogens is 5. The molecule has 2 aromatic carbocycles. The first-order valence-corrected chi connectivity index (χ1v) is 15.9. The van der Waals surface area contributed by atoms with Crippen molar-refractivity contribution in [2.75, 3.05) is 38.7 Å². The number of methoxy groups -OCH3 is 1. The Bertz CT molecular complexity index is 2020. The Balaban J connectivity index is 1.11. The molecule has 1 amide bonds. The lowest BCUT2D eigenvalue weighted by molar-refractivity contribution is -0.0204. The molecule has 10 nitrogen and oxygen atoms in total. The highest BCUT2D eigenvalue weighted by Crippen LogP contribution is 2.60. The van der Waals surface area contributed by atoms with Crippen LogP contribution in [0.5, 0.6) is 5.75 Å². The lowest BCUT2D eigenvalue weighted by Crippen LogP contribution is -2.53. The number of rotatable bonds is 7. The van der Waals surface area contributed by atoms with Crippen LogP contribution < -0.4 is 9.64 Å². The average molecular weight is 601 g/mol. The van der Waals surface area contributed by atoms with E-state index in [9.17, 15) is 4.79 Å². The maximum Gasteiger partial charge on any atom is 0.254 e. The molecular formula is C35H36N8O2. The van der Waals surface area contributed by atoms with Crippen LogP contribution >= 0.6 is 0 Å². The first-order valence-electron chi connectivity index (χ1n) is 15.9. The molecule has 0 N–H and O–H groups in total. The van der Waals surface area contributed by atoms with Gasteiger partial charge >= 0.3 is 0 Å². The van der Waals surface area contributed by atoms with E-state index in [4.69, 9.17) is 9.72 Å². The van der Waals surface area contributed by atoms with Gasteiger partial charge in [0.15, 0.2) is 5.82 Å². The number of carbonyl (C=O) groups is 1. The van der Waals surface area contributed by atoms with Crippen LogP contribution in [-0.2, 0) is 13.6 Å². The number of nitrogens with zero attached hydrogens (tertiary/aromatic N) is 8. The molecule has 5 heterocycles. The highest BCUT2D eigenvalue weighted by Gasteiger charge is 2.61. The van der Waals surface area contributed by atoms with E-state index in [1.165, 1.54) is 11.8 Å². The number of likely N-dealkylation sites (tertiary alicyclic amines) is 1. The number of imidazole rings is 1. The van der Waals surface area contributed by atoms with E-state index in [2.05, 4.69) is 71.3 Å². The predicted molar refractivity (Wildman–Crippen MR) is 174 cm³/mol. The molecular weight excluding hydrogens is 564 g/mol. The van der Waals surface area contributed by atoms with Crippen LogP contribution in [0.1, 0.15) is 28.9 Å². The van der Waals surface area contributed by atoms with Gasteiger partial charge in [-0.3, -0.25) is 9.79 Å². The smallest absolute Gasteiger partial charge is 0.254 e. The van der Waals surface area contributed by atoms with Gasteiger partial charge in [0.2, 0.25) is 0 Å². The molecule has 5 aromatic rings. The van der Waals surface area contributed by atoms with Crippen molar-refractivity contribution in [1.29, 1.82) is 0 Å². The van der Waals surface area contributed by atoms with E-state index in [1.54, 1.807) is 26.7 Å². The molecule has 3 aromatic heterocycles. The molecule has 228 valence electrons. The van der Waals surface area contributed by atoms with Gasteiger partial charge in [0.25, 0.3) is 5.91 Å². The second-order valence-electron chi connectivity index (χ2n) is 13.3. The summed E-state index contributed by atoms with van der Waals surface area (Å²) in [5.41, 5.74) is 6.41. The maximum absolute atomic E-state index is 13.9. The molecule has 4 fully saturated rings. The van der Waals surface area contributed by atoms with Gasteiger partial charge in [-0.1, -0.05) is 18.2 Å². The number of aliphatic imine (C=N–C) groups is 1. The number of carbonyl (C=O) groups excluding carboxylic acids is 1. The number of aryl methyl sites for hydroxylation is 1. The van der Waals surface area contributed by atoms with Gasteiger partial charge in [-0.15, -0.1) is 0 Å². The van der Waals surface area contributed by atoms with Crippen LogP contribution in [0.2, 0.25) is 0 Å². The topological polar surface area (TPSA) is 93.7 Å². The Morgan fingerprint density at radius 2 is 1.98 bits per heavy atom. The predicted octanol–water partition coefficient (Wildman–Crippen LogP) is 4.66. The van der Waals surface area contributed by atoms with Gasteiger partial charge in [0.05, 0.1) is 30.2 Å². The molecule has 4 atom stereocenters. The van der Waals surface area contributed by atoms with Crippen LogP contribution in [0, 0.1) is 23.7 Å². The van der Waals surface area contributed by atoms with Crippen molar-refractivity contribution in [3.05, 3.63) is 66.2 Å². The number of para-hydroxylation sites is 1. The number of ether oxygens (including phenoxy) is 1. The van der Waals surface area contributed by atoms with Gasteiger partial charge in [-0.05, 0) is 54.9 Å². The number of benzene rings is 2. The van der Waals surface area contributed by atoms with Crippen molar-refractivity contribution in [3.8, 4) is 17.3 Å². The molecule has 45 heavy (non-hydrogen) atoms. The van der Waals surface area contributed by atoms with Crippen LogP contribution in [0.3, 0.4) is 0 Å². The Kier molecular flexibility index (Phi) is 5.86. The van der Waals surface area contributed by atoms with E-state index in [1.807, 2.05) is 18.3 Å². The zero-order valence-corrected chi connectivity index (χ0v) is 25.8. The third-order valence-corrected chi connectivity index (χ3v) is 10.9. The van der Waals surface area contributed by atoms with Gasteiger partial charge < -0.3 is 23.7 Å². The molecule has 2 aliphatic carbocycles. The normalized spacial score (nSPS) is 23.8. The molecule has 10 heteroatoms. The van der Waals surface area contributed by atoms with Crippen LogP contribution in [0.15, 0.2) is 60.0 Å². The number of anilines is 1. The number of fused-ring (bicyclic) bond motifs is 2. The molecule has 9 rings (SSSR count). The Morgan fingerprint density at radius 1 is 1.11 bits per heavy atom. The lowest BCUT2D eigenvalue weighted by atomic mass is 9.53. The monoisotopic (exact) mass is 600 g/mol. The highest BCUT2D eigenvalue weighted by molar-refractivity contribution is 6.00. The summed E-state index contributed by atoms with van der Waals surface area (Å²) >= 11 is 0. The fourth-order valence-electron chi connectivity index (χ4n) is 8.69. The van der Waals surface area contributed by atoms with E-state index in [0.717, 1.165) is 83.9 Å². The molecule has 2 saturated carbocycles. The van der Waals surface area contributed by atoms with E-state index in [-0.39, 0.29) is 5.91 Å². The molecule has 3 unspecified atom stereocenters. The second kappa shape index (κ2) is 9.89. The van der Waals surface area contributed by atoms with Gasteiger partial charge in [0, 0.05) is 74.9 Å². The largest absolute Gasteiger partial charge is 0.494 e. The molecule has 0 spiro atoms. The summed E-state index contributed by atoms with van der Waals surface area (Å²) in [7, 11) is 5.55. The zero-order chi connectivity index (χ0) is 30.4. The summed E-state index contributed by atoms with van der Waals surface area (Å²) in [6.07, 6.45) is 7.66. The van der Waals surface area contributed by atoms with Crippen molar-refractivity contribution < 1.29 is 9.53 Å². The summed E-state index contributed by atoms with van der Waals surface area (Å²) in [4.78, 5) is 36.5. The maximum atomic E-state index is 13.9. The minimum absolute atomic E-state index is 0.111. The van der Waals surface area contributed by atoms with Crippen molar-refractivity contribution >= 4 is 39.7 Å². The number of amides is 1. The standard InChI is InChI=1S/C35H36N8O2/c1-36-13-26-30(14-37-19-38-26)41-15-20(16-41)17-43-33-25(39-34(43)29-10-21-6-4-5-7-27(21)40(29)2)9-23(12-31(33)45-3)35(44)42-18-24-8-22-11-28(42)32(22)24/h4-7,9-10,12-14,19-20,22,24,28,32H,8,11,15-18H2,1-3H3/t22?,24?,28?,32-/m1/s1. The van der Waals surface area contributed by atoms with Crippen molar-refractivity contribution in [3.63, 3.8) is 0 Å². The highest BCUT2D eigenvalue weighted by atomic mass is 16.5. The average Bonchev–Trinajstić information content (AvgIpc) is 3.55. The van der Waals surface area contributed by atoms with Gasteiger partial charge in [-0.25, -0.2) is 15.0 Å². The first kappa shape index (κ1) is 26.7. The Labute approximate surface area is 261 Å². The third-order valence-electron chi connectivity index (χ3n) is 10.9. The summed E-state index contributed by atoms with van der Waals surface area (Å²) < 4.78 is 10.6. The number of hydrogen-bond donors (Lipinski definition) is 0. The quantitative estimate of drug-likeness (QED) is 0.252. The van der Waals surface area contributed by atoms with Gasteiger partial charge in [-0.2, -0.15) is 0 Å². The van der Waals surface area contributed by atoms with E-state index < -0.39 is 0 Å². The summed E-state index contributed by atoms with van der Waals surface area (Å²) in [5.74, 6) is 4.32. The molecule has 0 bridgehead atoms.